The predicted molar refractivity (Wildman–Crippen MR) is 141 cm³/mol. The van der Waals surface area contributed by atoms with Gasteiger partial charge < -0.3 is 19.9 Å². The maximum Gasteiger partial charge on any atom is 0.408 e. The number of carbonyl (C=O) groups is 1. The third kappa shape index (κ3) is 7.02. The Bertz CT molecular complexity index is 1010. The number of likely N-dealkylation sites (tertiary alicyclic amines) is 2. The summed E-state index contributed by atoms with van der Waals surface area (Å²) < 4.78 is 7.04. The molecule has 2 saturated heterocycles. The number of pyridine rings is 1. The lowest BCUT2D eigenvalue weighted by molar-refractivity contribution is -0.139. The van der Waals surface area contributed by atoms with Crippen LogP contribution < -0.4 is 9.96 Å². The van der Waals surface area contributed by atoms with Gasteiger partial charge in [0.15, 0.2) is 0 Å². The molecule has 0 spiro atoms. The molecule has 188 valence electrons. The van der Waals surface area contributed by atoms with Crippen LogP contribution in [0.4, 0.5) is 5.82 Å². The lowest BCUT2D eigenvalue weighted by Crippen LogP contribution is -2.47. The zero-order chi connectivity index (χ0) is 24.8. The van der Waals surface area contributed by atoms with Crippen molar-refractivity contribution in [2.24, 2.45) is 11.1 Å². The first-order valence-electron chi connectivity index (χ1n) is 12.0. The molecule has 0 saturated carbocycles. The standard InChI is InChI=1S/C23H31BBrN5O4S/c1-24(32)28-21-12-16(2-7-26-21)14-29-8-3-17(4-9-29)23(31)30-10-5-18(6-11-30)34-22-19(25)15-35-20(22)13-27-33/h2,7,12,15,17-18,32H,3-6,8-11,13-14H2,1H3,(H,26,28). The Kier molecular flexibility index (Phi) is 9.15. The fourth-order valence-electron chi connectivity index (χ4n) is 4.73. The fourth-order valence-corrected chi connectivity index (χ4v) is 6.22. The molecule has 35 heavy (non-hydrogen) atoms. The van der Waals surface area contributed by atoms with E-state index in [2.05, 4.69) is 36.2 Å². The Balaban J connectivity index is 1.22. The van der Waals surface area contributed by atoms with Crippen LogP contribution in [0.25, 0.3) is 0 Å². The minimum Gasteiger partial charge on any atom is -0.488 e. The average molecular weight is 564 g/mol. The molecule has 0 unspecified atom stereocenters. The third-order valence-corrected chi connectivity index (χ3v) is 8.39. The molecule has 2 fully saturated rings. The van der Waals surface area contributed by atoms with Crippen LogP contribution >= 0.6 is 27.3 Å². The van der Waals surface area contributed by atoms with E-state index in [4.69, 9.17) is 4.74 Å². The highest BCUT2D eigenvalue weighted by molar-refractivity contribution is 9.10. The summed E-state index contributed by atoms with van der Waals surface area (Å²) in [6.07, 6.45) is 5.08. The second-order valence-corrected chi connectivity index (χ2v) is 11.0. The van der Waals surface area contributed by atoms with E-state index in [0.29, 0.717) is 18.9 Å². The lowest BCUT2D eigenvalue weighted by Gasteiger charge is -2.37. The topological polar surface area (TPSA) is 107 Å². The highest BCUT2D eigenvalue weighted by atomic mass is 79.9. The van der Waals surface area contributed by atoms with Crippen molar-refractivity contribution >= 4 is 46.0 Å². The van der Waals surface area contributed by atoms with Crippen LogP contribution in [0, 0.1) is 10.8 Å². The van der Waals surface area contributed by atoms with E-state index in [-0.39, 0.29) is 24.5 Å². The first kappa shape index (κ1) is 26.1. The number of halogens is 1. The Hall–Kier alpha value is -2.02. The number of rotatable bonds is 9. The molecule has 0 aliphatic carbocycles. The maximum absolute atomic E-state index is 13.2. The SMILES string of the molecule is CB(O)Nc1cc(CN2CCC(C(=O)N3CCC(Oc4c(Br)csc4CN=O)CC3)CC2)ccn1. The molecule has 12 heteroatoms. The number of anilines is 1. The highest BCUT2D eigenvalue weighted by Gasteiger charge is 2.32. The van der Waals surface area contributed by atoms with E-state index in [9.17, 15) is 14.7 Å². The van der Waals surface area contributed by atoms with Crippen molar-refractivity contribution < 1.29 is 14.6 Å². The van der Waals surface area contributed by atoms with Gasteiger partial charge in [-0.3, -0.25) is 9.69 Å². The molecule has 0 radical (unpaired) electrons. The first-order valence-corrected chi connectivity index (χ1v) is 13.7. The summed E-state index contributed by atoms with van der Waals surface area (Å²) >= 11 is 4.96. The number of nitroso groups, excluding NO2 is 1. The van der Waals surface area contributed by atoms with Crippen LogP contribution in [-0.2, 0) is 17.9 Å². The minimum atomic E-state index is -0.647. The van der Waals surface area contributed by atoms with Gasteiger partial charge in [0.2, 0.25) is 5.91 Å². The van der Waals surface area contributed by atoms with Crippen LogP contribution in [-0.4, -0.2) is 65.0 Å². The molecule has 2 aromatic rings. The largest absolute Gasteiger partial charge is 0.488 e. The Morgan fingerprint density at radius 3 is 2.74 bits per heavy atom. The average Bonchev–Trinajstić information content (AvgIpc) is 3.18. The van der Waals surface area contributed by atoms with Crippen LogP contribution in [0.2, 0.25) is 6.82 Å². The van der Waals surface area contributed by atoms with Crippen LogP contribution in [0.5, 0.6) is 5.75 Å². The van der Waals surface area contributed by atoms with Gasteiger partial charge in [-0.1, -0.05) is 5.18 Å². The molecule has 2 N–H and O–H groups in total. The number of hydrogen-bond acceptors (Lipinski definition) is 9. The van der Waals surface area contributed by atoms with E-state index < -0.39 is 7.05 Å². The Morgan fingerprint density at radius 2 is 2.06 bits per heavy atom. The van der Waals surface area contributed by atoms with E-state index in [0.717, 1.165) is 66.0 Å². The van der Waals surface area contributed by atoms with Gasteiger partial charge in [-0.05, 0) is 66.4 Å². The van der Waals surface area contributed by atoms with Crippen molar-refractivity contribution in [3.63, 3.8) is 0 Å². The van der Waals surface area contributed by atoms with Crippen molar-refractivity contribution in [3.05, 3.63) is 43.5 Å². The Morgan fingerprint density at radius 1 is 1.31 bits per heavy atom. The molecule has 2 aliphatic rings. The summed E-state index contributed by atoms with van der Waals surface area (Å²) in [4.78, 5) is 33.3. The number of hydrogen-bond donors (Lipinski definition) is 2. The first-order chi connectivity index (χ1) is 16.9. The number of thiophene rings is 1. The van der Waals surface area contributed by atoms with E-state index in [1.807, 2.05) is 22.4 Å². The number of nitrogens with zero attached hydrogens (tertiary/aromatic N) is 4. The van der Waals surface area contributed by atoms with E-state index >= 15 is 0 Å². The van der Waals surface area contributed by atoms with E-state index in [1.165, 1.54) is 11.3 Å². The molecule has 0 atom stereocenters. The summed E-state index contributed by atoms with van der Waals surface area (Å²) in [5.41, 5.74) is 1.14. The number of ether oxygens (including phenoxy) is 1. The quantitative estimate of drug-likeness (QED) is 0.351. The maximum atomic E-state index is 13.2. The van der Waals surface area contributed by atoms with Gasteiger partial charge in [0.1, 0.15) is 24.2 Å². The van der Waals surface area contributed by atoms with Gasteiger partial charge in [-0.2, -0.15) is 4.91 Å². The van der Waals surface area contributed by atoms with Gasteiger partial charge in [-0.15, -0.1) is 11.3 Å². The number of piperidine rings is 2. The number of nitrogens with one attached hydrogen (secondary N) is 1. The van der Waals surface area contributed by atoms with Crippen LogP contribution in [0.15, 0.2) is 33.4 Å². The molecule has 4 rings (SSSR count). The highest BCUT2D eigenvalue weighted by Crippen LogP contribution is 2.37. The summed E-state index contributed by atoms with van der Waals surface area (Å²) in [7, 11) is -0.647. The molecule has 0 aromatic carbocycles. The van der Waals surface area contributed by atoms with Crippen molar-refractivity contribution in [3.8, 4) is 5.75 Å². The second kappa shape index (κ2) is 12.3. The van der Waals surface area contributed by atoms with Crippen LogP contribution in [0.1, 0.15) is 36.1 Å². The van der Waals surface area contributed by atoms with Gasteiger partial charge in [0.05, 0.1) is 9.35 Å². The zero-order valence-corrected chi connectivity index (χ0v) is 22.3. The summed E-state index contributed by atoms with van der Waals surface area (Å²) in [6, 6.07) is 3.95. The molecule has 2 aliphatic heterocycles. The summed E-state index contributed by atoms with van der Waals surface area (Å²) in [6.45, 7) is 5.75. The second-order valence-electron chi connectivity index (χ2n) is 9.19. The summed E-state index contributed by atoms with van der Waals surface area (Å²) in [5, 5.41) is 17.3. The molecule has 2 aromatic heterocycles. The lowest BCUT2D eigenvalue weighted by atomic mass is 9.89. The molecule has 1 amide bonds. The molecular weight excluding hydrogens is 533 g/mol. The predicted octanol–water partition coefficient (Wildman–Crippen LogP) is 3.98. The van der Waals surface area contributed by atoms with Crippen molar-refractivity contribution in [2.45, 2.75) is 51.7 Å². The van der Waals surface area contributed by atoms with Gasteiger partial charge in [-0.25, -0.2) is 4.98 Å². The van der Waals surface area contributed by atoms with E-state index in [1.54, 1.807) is 13.0 Å². The number of amides is 1. The minimum absolute atomic E-state index is 0.0331. The van der Waals surface area contributed by atoms with Crippen molar-refractivity contribution in [1.29, 1.82) is 0 Å². The molecule has 9 nitrogen and oxygen atoms in total. The summed E-state index contributed by atoms with van der Waals surface area (Å²) in [5.74, 6) is 1.72. The zero-order valence-electron chi connectivity index (χ0n) is 19.9. The third-order valence-electron chi connectivity index (χ3n) is 6.55. The van der Waals surface area contributed by atoms with Crippen molar-refractivity contribution in [1.82, 2.24) is 14.8 Å². The van der Waals surface area contributed by atoms with Crippen LogP contribution in [0.3, 0.4) is 0 Å². The fraction of sp³-hybridized carbons (Fsp3) is 0.565. The van der Waals surface area contributed by atoms with Gasteiger partial charge in [0, 0.05) is 50.0 Å². The normalized spacial score (nSPS) is 17.9. The van der Waals surface area contributed by atoms with Gasteiger partial charge in [0.25, 0.3) is 0 Å². The number of carbonyl (C=O) groups excluding carboxylic acids is 1. The van der Waals surface area contributed by atoms with Gasteiger partial charge >= 0.3 is 7.05 Å². The monoisotopic (exact) mass is 563 g/mol. The van der Waals surface area contributed by atoms with Crippen molar-refractivity contribution in [2.75, 3.05) is 31.4 Å². The Labute approximate surface area is 218 Å². The smallest absolute Gasteiger partial charge is 0.408 e. The number of aromatic nitrogens is 1. The molecular formula is C23H31BBrN5O4S. The molecule has 4 heterocycles. The molecule has 0 bridgehead atoms.